The zero-order chi connectivity index (χ0) is 20.5. The Bertz CT molecular complexity index is 1150. The second kappa shape index (κ2) is 7.97. The zero-order valence-corrected chi connectivity index (χ0v) is 17.2. The largest absolute Gasteiger partial charge is 0.277 e. The Morgan fingerprint density at radius 1 is 0.897 bits per heavy atom. The Morgan fingerprint density at radius 2 is 1.52 bits per heavy atom. The molecule has 1 aliphatic heterocycles. The molecule has 0 saturated heterocycles. The van der Waals surface area contributed by atoms with Crippen LogP contribution >= 0.6 is 34.8 Å². The topological polar surface area (TPSA) is 69.1 Å². The van der Waals surface area contributed by atoms with E-state index in [4.69, 9.17) is 40.3 Å². The van der Waals surface area contributed by atoms with Crippen molar-refractivity contribution >= 4 is 52.1 Å². The van der Waals surface area contributed by atoms with Crippen molar-refractivity contribution in [1.29, 1.82) is 0 Å². The van der Waals surface area contributed by atoms with Crippen LogP contribution in [0.5, 0.6) is 0 Å². The number of carbonyl (C=O) groups is 1. The normalized spacial score (nSPS) is 15.6. The third-order valence-electron chi connectivity index (χ3n) is 4.81. The number of amides is 1. The van der Waals surface area contributed by atoms with E-state index in [1.165, 1.54) is 4.90 Å². The number of fused-ring (bicyclic) bond motifs is 1. The number of anilines is 2. The van der Waals surface area contributed by atoms with E-state index < -0.39 is 6.04 Å². The van der Waals surface area contributed by atoms with Gasteiger partial charge in [0.15, 0.2) is 0 Å². The Balaban J connectivity index is 2.01. The van der Waals surface area contributed by atoms with Crippen LogP contribution in [0.4, 0.5) is 11.4 Å². The molecule has 1 heterocycles. The van der Waals surface area contributed by atoms with Gasteiger partial charge in [0.1, 0.15) is 6.04 Å². The highest BCUT2D eigenvalue weighted by molar-refractivity contribution is 6.40. The van der Waals surface area contributed by atoms with Crippen LogP contribution in [0.25, 0.3) is 21.6 Å². The van der Waals surface area contributed by atoms with Crippen molar-refractivity contribution in [2.75, 3.05) is 4.90 Å². The van der Waals surface area contributed by atoms with E-state index in [1.54, 1.807) is 24.3 Å². The number of carbonyl (C=O) groups excluding carboxylic acids is 1. The Labute approximate surface area is 182 Å². The first kappa shape index (κ1) is 19.6. The molecule has 0 aromatic heterocycles. The smallest absolute Gasteiger partial charge is 0.240 e. The van der Waals surface area contributed by atoms with E-state index in [0.29, 0.717) is 26.4 Å². The van der Waals surface area contributed by atoms with Crippen LogP contribution in [0, 0.1) is 0 Å². The van der Waals surface area contributed by atoms with Gasteiger partial charge in [-0.3, -0.25) is 9.69 Å². The number of hydrogen-bond donors (Lipinski definition) is 0. The van der Waals surface area contributed by atoms with Crippen LogP contribution in [0.2, 0.25) is 15.1 Å². The quantitative estimate of drug-likeness (QED) is 0.239. The van der Waals surface area contributed by atoms with Gasteiger partial charge in [-0.15, -0.1) is 0 Å². The molecule has 1 aliphatic rings. The van der Waals surface area contributed by atoms with Crippen LogP contribution in [-0.2, 0) is 11.2 Å². The van der Waals surface area contributed by atoms with E-state index in [2.05, 4.69) is 10.0 Å². The van der Waals surface area contributed by atoms with Crippen molar-refractivity contribution in [1.82, 2.24) is 0 Å². The fourth-order valence-corrected chi connectivity index (χ4v) is 4.37. The number of azide groups is 1. The molecule has 3 aromatic rings. The van der Waals surface area contributed by atoms with Gasteiger partial charge in [0, 0.05) is 15.5 Å². The van der Waals surface area contributed by atoms with E-state index in [1.807, 2.05) is 36.4 Å². The van der Waals surface area contributed by atoms with Gasteiger partial charge in [-0.2, -0.15) is 0 Å². The summed E-state index contributed by atoms with van der Waals surface area (Å²) in [5.74, 6) is -0.387. The summed E-state index contributed by atoms with van der Waals surface area (Å²) in [4.78, 5) is 17.5. The summed E-state index contributed by atoms with van der Waals surface area (Å²) in [5, 5.41) is 4.95. The van der Waals surface area contributed by atoms with Gasteiger partial charge < -0.3 is 0 Å². The highest BCUT2D eigenvalue weighted by atomic mass is 35.5. The molecule has 3 aromatic carbocycles. The summed E-state index contributed by atoms with van der Waals surface area (Å²) < 4.78 is 0. The maximum atomic E-state index is 13.2. The minimum Gasteiger partial charge on any atom is -0.277 e. The maximum absolute atomic E-state index is 13.2. The maximum Gasteiger partial charge on any atom is 0.240 e. The molecular weight excluding hydrogens is 431 g/mol. The van der Waals surface area contributed by atoms with Crippen LogP contribution in [0.3, 0.4) is 0 Å². The van der Waals surface area contributed by atoms with Gasteiger partial charge in [-0.05, 0) is 47.3 Å². The molecule has 0 fully saturated rings. The van der Waals surface area contributed by atoms with E-state index in [-0.39, 0.29) is 12.3 Å². The molecule has 8 heteroatoms. The molecule has 4 rings (SSSR count). The number of benzene rings is 3. The predicted molar refractivity (Wildman–Crippen MR) is 117 cm³/mol. The first-order valence-corrected chi connectivity index (χ1v) is 9.85. The van der Waals surface area contributed by atoms with Gasteiger partial charge in [0.2, 0.25) is 5.91 Å². The Kier molecular flexibility index (Phi) is 5.39. The summed E-state index contributed by atoms with van der Waals surface area (Å²) in [6.45, 7) is 0. The molecule has 0 spiro atoms. The zero-order valence-electron chi connectivity index (χ0n) is 14.9. The summed E-state index contributed by atoms with van der Waals surface area (Å²) in [6.07, 6.45) is 0.248. The predicted octanol–water partition coefficient (Wildman–Crippen LogP) is 7.21. The third-order valence-corrected chi connectivity index (χ3v) is 5.75. The molecular formula is C21H13Cl3N4O. The van der Waals surface area contributed by atoms with Crippen LogP contribution in [-0.4, -0.2) is 11.9 Å². The average molecular weight is 444 g/mol. The van der Waals surface area contributed by atoms with Gasteiger partial charge in [-0.25, -0.2) is 0 Å². The number of halogens is 3. The fourth-order valence-electron chi connectivity index (χ4n) is 3.56. The third kappa shape index (κ3) is 3.43. The lowest BCUT2D eigenvalue weighted by Crippen LogP contribution is -2.41. The highest BCUT2D eigenvalue weighted by Gasteiger charge is 2.36. The van der Waals surface area contributed by atoms with E-state index in [9.17, 15) is 4.79 Å². The van der Waals surface area contributed by atoms with Crippen molar-refractivity contribution in [3.05, 3.63) is 91.7 Å². The molecule has 0 radical (unpaired) electrons. The summed E-state index contributed by atoms with van der Waals surface area (Å²) in [5.41, 5.74) is 12.5. The van der Waals surface area contributed by atoms with E-state index >= 15 is 0 Å². The minimum absolute atomic E-state index is 0.248. The average Bonchev–Trinajstić information content (AvgIpc) is 2.70. The number of rotatable bonds is 3. The SMILES string of the molecule is [N-]=[N+]=NC1Cc2c(-c3ccccc3Cl)cccc2N(c2c(Cl)cccc2Cl)C1=O. The number of para-hydroxylation sites is 1. The second-order valence-corrected chi connectivity index (χ2v) is 7.67. The monoisotopic (exact) mass is 442 g/mol. The molecule has 0 saturated carbocycles. The van der Waals surface area contributed by atoms with Gasteiger partial charge in [-0.1, -0.05) is 76.3 Å². The number of nitrogens with zero attached hydrogens (tertiary/aromatic N) is 4. The van der Waals surface area contributed by atoms with Gasteiger partial charge >= 0.3 is 0 Å². The minimum atomic E-state index is -0.927. The molecule has 1 amide bonds. The summed E-state index contributed by atoms with van der Waals surface area (Å²) >= 11 is 19.2. The number of hydrogen-bond acceptors (Lipinski definition) is 2. The molecule has 29 heavy (non-hydrogen) atoms. The summed E-state index contributed by atoms with van der Waals surface area (Å²) in [7, 11) is 0. The molecule has 0 bridgehead atoms. The summed E-state index contributed by atoms with van der Waals surface area (Å²) in [6, 6.07) is 17.1. The molecule has 1 atom stereocenters. The van der Waals surface area contributed by atoms with Crippen LogP contribution in [0.15, 0.2) is 65.8 Å². The molecule has 144 valence electrons. The highest BCUT2D eigenvalue weighted by Crippen LogP contribution is 2.45. The molecule has 5 nitrogen and oxygen atoms in total. The van der Waals surface area contributed by atoms with Gasteiger partial charge in [0.05, 0.1) is 21.4 Å². The first-order chi connectivity index (χ1) is 14.0. The molecule has 0 aliphatic carbocycles. The lowest BCUT2D eigenvalue weighted by Gasteiger charge is -2.34. The fraction of sp³-hybridized carbons (Fsp3) is 0.0952. The second-order valence-electron chi connectivity index (χ2n) is 6.45. The lowest BCUT2D eigenvalue weighted by atomic mass is 9.89. The van der Waals surface area contributed by atoms with Crippen molar-refractivity contribution in [3.8, 4) is 11.1 Å². The Morgan fingerprint density at radius 3 is 2.21 bits per heavy atom. The van der Waals surface area contributed by atoms with Crippen molar-refractivity contribution in [2.24, 2.45) is 5.11 Å². The van der Waals surface area contributed by atoms with Crippen molar-refractivity contribution in [3.63, 3.8) is 0 Å². The van der Waals surface area contributed by atoms with E-state index in [0.717, 1.165) is 16.7 Å². The Hall–Kier alpha value is -2.69. The molecule has 0 N–H and O–H groups in total. The molecule has 1 unspecified atom stereocenters. The lowest BCUT2D eigenvalue weighted by molar-refractivity contribution is -0.119. The van der Waals surface area contributed by atoms with Gasteiger partial charge in [0.25, 0.3) is 0 Å². The standard InChI is InChI=1S/C21H13Cl3N4O/c22-15-7-2-1-5-13(15)12-6-3-10-19-14(12)11-18(26-27-25)21(29)28(19)20-16(23)8-4-9-17(20)24/h1-10,18H,11H2. The van der Waals surface area contributed by atoms with Crippen LogP contribution in [0.1, 0.15) is 5.56 Å². The van der Waals surface area contributed by atoms with Crippen molar-refractivity contribution < 1.29 is 4.79 Å². The van der Waals surface area contributed by atoms with Crippen molar-refractivity contribution in [2.45, 2.75) is 12.5 Å². The first-order valence-electron chi connectivity index (χ1n) is 8.72. The van der Waals surface area contributed by atoms with Crippen LogP contribution < -0.4 is 4.90 Å².